The van der Waals surface area contributed by atoms with Gasteiger partial charge in [-0.3, -0.25) is 4.79 Å². The van der Waals surface area contributed by atoms with Crippen molar-refractivity contribution >= 4 is 11.6 Å². The second kappa shape index (κ2) is 7.21. The first-order valence-corrected chi connectivity index (χ1v) is 8.29. The van der Waals surface area contributed by atoms with Gasteiger partial charge in [-0.05, 0) is 75.9 Å². The molecule has 1 aromatic rings. The molecule has 1 saturated heterocycles. The number of carbonyl (C=O) groups is 1. The first-order valence-electron chi connectivity index (χ1n) is 8.29. The Bertz CT molecular complexity index is 563. The van der Waals surface area contributed by atoms with Gasteiger partial charge >= 0.3 is 0 Å². The third-order valence-corrected chi connectivity index (χ3v) is 5.27. The van der Waals surface area contributed by atoms with Gasteiger partial charge in [0.2, 0.25) is 0 Å². The van der Waals surface area contributed by atoms with Crippen LogP contribution in [0.3, 0.4) is 0 Å². The predicted molar refractivity (Wildman–Crippen MR) is 94.0 cm³/mol. The summed E-state index contributed by atoms with van der Waals surface area (Å²) >= 11 is 0. The van der Waals surface area contributed by atoms with Crippen molar-refractivity contribution in [2.24, 2.45) is 0 Å². The van der Waals surface area contributed by atoms with Crippen molar-refractivity contribution in [2.45, 2.75) is 46.6 Å². The fourth-order valence-corrected chi connectivity index (χ4v) is 3.13. The van der Waals surface area contributed by atoms with E-state index in [1.54, 1.807) is 0 Å². The zero-order chi connectivity index (χ0) is 17.1. The topological polar surface area (TPSA) is 67.6 Å². The molecule has 1 amide bonds. The summed E-state index contributed by atoms with van der Waals surface area (Å²) in [5.74, 6) is 0.657. The van der Waals surface area contributed by atoms with E-state index in [1.165, 1.54) is 11.1 Å². The molecule has 0 radical (unpaired) electrons. The third kappa shape index (κ3) is 3.61. The van der Waals surface area contributed by atoms with Crippen molar-refractivity contribution in [2.75, 3.05) is 32.5 Å². The second-order valence-electron chi connectivity index (χ2n) is 6.52. The number of rotatable bonds is 4. The molecule has 1 fully saturated rings. The molecule has 0 bridgehead atoms. The lowest BCUT2D eigenvalue weighted by molar-refractivity contribution is -0.134. The molecule has 0 unspecified atom stereocenters. The minimum Gasteiger partial charge on any atom is -0.481 e. The number of ether oxygens (including phenoxy) is 1. The highest BCUT2D eigenvalue weighted by molar-refractivity contribution is 5.78. The number of hydrogen-bond acceptors (Lipinski definition) is 4. The highest BCUT2D eigenvalue weighted by Crippen LogP contribution is 2.34. The predicted octanol–water partition coefficient (Wildman–Crippen LogP) is 2.09. The monoisotopic (exact) mass is 319 g/mol. The summed E-state index contributed by atoms with van der Waals surface area (Å²) in [4.78, 5) is 14.2. The standard InChI is InChI=1S/C18H29N3O2/c1-11-12(2)14(4)18(17(19)13(11)3)23-10-16(22)21(5)15-6-8-20-9-7-15/h15,20H,6-10,19H2,1-5H3. The van der Waals surface area contributed by atoms with Gasteiger partial charge in [-0.25, -0.2) is 0 Å². The summed E-state index contributed by atoms with van der Waals surface area (Å²) in [6, 6.07) is 0.298. The summed E-state index contributed by atoms with van der Waals surface area (Å²) in [5, 5.41) is 3.31. The van der Waals surface area contributed by atoms with Gasteiger partial charge in [-0.1, -0.05) is 0 Å². The van der Waals surface area contributed by atoms with Crippen LogP contribution in [0.5, 0.6) is 5.75 Å². The minimum absolute atomic E-state index is 0.00609. The van der Waals surface area contributed by atoms with E-state index in [2.05, 4.69) is 19.2 Å². The van der Waals surface area contributed by atoms with Crippen molar-refractivity contribution in [3.63, 3.8) is 0 Å². The van der Waals surface area contributed by atoms with E-state index in [-0.39, 0.29) is 12.5 Å². The van der Waals surface area contributed by atoms with E-state index in [0.29, 0.717) is 17.5 Å². The highest BCUT2D eigenvalue weighted by atomic mass is 16.5. The molecule has 1 heterocycles. The molecular weight excluding hydrogens is 290 g/mol. The quantitative estimate of drug-likeness (QED) is 0.834. The van der Waals surface area contributed by atoms with Gasteiger partial charge in [0.15, 0.2) is 6.61 Å². The van der Waals surface area contributed by atoms with E-state index in [9.17, 15) is 4.79 Å². The largest absolute Gasteiger partial charge is 0.481 e. The van der Waals surface area contributed by atoms with Crippen LogP contribution in [0.4, 0.5) is 5.69 Å². The Hall–Kier alpha value is -1.75. The molecule has 1 aliphatic rings. The van der Waals surface area contributed by atoms with Gasteiger partial charge in [0.1, 0.15) is 5.75 Å². The lowest BCUT2D eigenvalue weighted by Gasteiger charge is -2.31. The SMILES string of the molecule is Cc1c(C)c(C)c(OCC(=O)N(C)C2CCNCC2)c(N)c1C. The smallest absolute Gasteiger partial charge is 0.260 e. The summed E-state index contributed by atoms with van der Waals surface area (Å²) in [6.45, 7) is 10.1. The Morgan fingerprint density at radius 2 is 1.70 bits per heavy atom. The molecule has 0 spiro atoms. The number of amides is 1. The molecular formula is C18H29N3O2. The number of nitrogens with one attached hydrogen (secondary N) is 1. The summed E-state index contributed by atoms with van der Waals surface area (Å²) in [7, 11) is 1.86. The zero-order valence-corrected chi connectivity index (χ0v) is 15.0. The number of hydrogen-bond donors (Lipinski definition) is 2. The van der Waals surface area contributed by atoms with Crippen molar-refractivity contribution in [3.05, 3.63) is 22.3 Å². The first kappa shape index (κ1) is 17.6. The number of anilines is 1. The number of nitrogen functional groups attached to an aromatic ring is 1. The Kier molecular flexibility index (Phi) is 5.52. The molecule has 2 rings (SSSR count). The van der Waals surface area contributed by atoms with Gasteiger partial charge in [0.05, 0.1) is 5.69 Å². The fraction of sp³-hybridized carbons (Fsp3) is 0.611. The molecule has 5 nitrogen and oxygen atoms in total. The molecule has 5 heteroatoms. The van der Waals surface area contributed by atoms with Crippen molar-refractivity contribution in [1.29, 1.82) is 0 Å². The van der Waals surface area contributed by atoms with Gasteiger partial charge in [0, 0.05) is 13.1 Å². The average molecular weight is 319 g/mol. The van der Waals surface area contributed by atoms with E-state index in [0.717, 1.165) is 37.1 Å². The van der Waals surface area contributed by atoms with Crippen LogP contribution < -0.4 is 15.8 Å². The normalized spacial score (nSPS) is 15.5. The fourth-order valence-electron chi connectivity index (χ4n) is 3.13. The van der Waals surface area contributed by atoms with Crippen LogP contribution in [0.1, 0.15) is 35.1 Å². The molecule has 1 aliphatic heterocycles. The van der Waals surface area contributed by atoms with Crippen molar-refractivity contribution in [1.82, 2.24) is 10.2 Å². The number of piperidine rings is 1. The Morgan fingerprint density at radius 3 is 2.30 bits per heavy atom. The maximum Gasteiger partial charge on any atom is 0.260 e. The van der Waals surface area contributed by atoms with Crippen LogP contribution in [0.2, 0.25) is 0 Å². The molecule has 3 N–H and O–H groups in total. The summed E-state index contributed by atoms with van der Waals surface area (Å²) < 4.78 is 5.83. The van der Waals surface area contributed by atoms with Gasteiger partial charge < -0.3 is 20.7 Å². The number of carbonyl (C=O) groups excluding carboxylic acids is 1. The molecule has 0 aliphatic carbocycles. The zero-order valence-electron chi connectivity index (χ0n) is 15.0. The molecule has 1 aromatic carbocycles. The third-order valence-electron chi connectivity index (χ3n) is 5.27. The number of nitrogens with zero attached hydrogens (tertiary/aromatic N) is 1. The van der Waals surface area contributed by atoms with Crippen LogP contribution in [0, 0.1) is 27.7 Å². The van der Waals surface area contributed by atoms with Crippen molar-refractivity contribution in [3.8, 4) is 5.75 Å². The molecule has 0 aromatic heterocycles. The van der Waals surface area contributed by atoms with Crippen molar-refractivity contribution < 1.29 is 9.53 Å². The lowest BCUT2D eigenvalue weighted by Crippen LogP contribution is -2.45. The van der Waals surface area contributed by atoms with Crippen LogP contribution in [-0.4, -0.2) is 43.6 Å². The number of benzene rings is 1. The average Bonchev–Trinajstić information content (AvgIpc) is 2.58. The van der Waals surface area contributed by atoms with Gasteiger partial charge in [-0.15, -0.1) is 0 Å². The number of nitrogens with two attached hydrogens (primary N) is 1. The minimum atomic E-state index is 0.00609. The Labute approximate surface area is 139 Å². The summed E-state index contributed by atoms with van der Waals surface area (Å²) in [6.07, 6.45) is 1.98. The van der Waals surface area contributed by atoms with E-state index in [1.807, 2.05) is 25.8 Å². The molecule has 128 valence electrons. The lowest BCUT2D eigenvalue weighted by atomic mass is 9.97. The summed E-state index contributed by atoms with van der Waals surface area (Å²) in [5.41, 5.74) is 11.2. The van der Waals surface area contributed by atoms with Gasteiger partial charge in [-0.2, -0.15) is 0 Å². The van der Waals surface area contributed by atoms with Crippen LogP contribution in [0.15, 0.2) is 0 Å². The highest BCUT2D eigenvalue weighted by Gasteiger charge is 2.23. The Balaban J connectivity index is 2.07. The van der Waals surface area contributed by atoms with Crippen LogP contribution in [0.25, 0.3) is 0 Å². The van der Waals surface area contributed by atoms with E-state index < -0.39 is 0 Å². The number of likely N-dealkylation sites (N-methyl/N-ethyl adjacent to an activating group) is 1. The molecule has 0 atom stereocenters. The van der Waals surface area contributed by atoms with E-state index >= 15 is 0 Å². The Morgan fingerprint density at radius 1 is 1.13 bits per heavy atom. The maximum atomic E-state index is 12.4. The second-order valence-corrected chi connectivity index (χ2v) is 6.52. The maximum absolute atomic E-state index is 12.4. The van der Waals surface area contributed by atoms with Gasteiger partial charge in [0.25, 0.3) is 5.91 Å². The molecule has 0 saturated carbocycles. The van der Waals surface area contributed by atoms with E-state index in [4.69, 9.17) is 10.5 Å². The molecule has 23 heavy (non-hydrogen) atoms. The van der Waals surface area contributed by atoms with Crippen LogP contribution >= 0.6 is 0 Å². The first-order chi connectivity index (χ1) is 10.8. The van der Waals surface area contributed by atoms with Crippen LogP contribution in [-0.2, 0) is 4.79 Å².